The molecule has 0 spiro atoms. The molecular formula is C19H24N4O. The van der Waals surface area contributed by atoms with Crippen LogP contribution in [-0.4, -0.2) is 34.8 Å². The third kappa shape index (κ3) is 3.36. The van der Waals surface area contributed by atoms with Gasteiger partial charge in [-0.15, -0.1) is 0 Å². The fourth-order valence-electron chi connectivity index (χ4n) is 3.87. The lowest BCUT2D eigenvalue weighted by atomic mass is 9.97. The molecule has 2 aromatic rings. The molecular weight excluding hydrogens is 300 g/mol. The second-order valence-corrected chi connectivity index (χ2v) is 6.92. The van der Waals surface area contributed by atoms with Gasteiger partial charge in [0.25, 0.3) is 0 Å². The van der Waals surface area contributed by atoms with Gasteiger partial charge in [0.2, 0.25) is 5.91 Å². The van der Waals surface area contributed by atoms with E-state index in [1.165, 1.54) is 24.0 Å². The van der Waals surface area contributed by atoms with Crippen LogP contribution in [0.1, 0.15) is 35.6 Å². The van der Waals surface area contributed by atoms with Gasteiger partial charge >= 0.3 is 0 Å². The van der Waals surface area contributed by atoms with Crippen LogP contribution in [0.4, 0.5) is 0 Å². The van der Waals surface area contributed by atoms with Crippen molar-refractivity contribution in [3.05, 3.63) is 53.3 Å². The van der Waals surface area contributed by atoms with E-state index < -0.39 is 0 Å². The maximum atomic E-state index is 12.3. The average molecular weight is 324 g/mol. The van der Waals surface area contributed by atoms with Crippen molar-refractivity contribution in [1.82, 2.24) is 20.4 Å². The van der Waals surface area contributed by atoms with E-state index in [1.54, 1.807) is 4.68 Å². The molecule has 126 valence electrons. The molecule has 1 fully saturated rings. The molecule has 2 heterocycles. The first kappa shape index (κ1) is 15.4. The molecule has 0 radical (unpaired) electrons. The van der Waals surface area contributed by atoms with Crippen molar-refractivity contribution in [3.63, 3.8) is 0 Å². The summed E-state index contributed by atoms with van der Waals surface area (Å²) in [7, 11) is 0. The minimum atomic E-state index is 0.0456. The second kappa shape index (κ2) is 6.77. The Morgan fingerprint density at radius 2 is 2.04 bits per heavy atom. The van der Waals surface area contributed by atoms with Crippen molar-refractivity contribution in [3.8, 4) is 0 Å². The predicted molar refractivity (Wildman–Crippen MR) is 92.9 cm³/mol. The van der Waals surface area contributed by atoms with Crippen molar-refractivity contribution < 1.29 is 4.79 Å². The topological polar surface area (TPSA) is 59.0 Å². The van der Waals surface area contributed by atoms with Gasteiger partial charge in [-0.1, -0.05) is 24.3 Å². The van der Waals surface area contributed by atoms with E-state index in [0.717, 1.165) is 31.6 Å². The lowest BCUT2D eigenvalue weighted by Crippen LogP contribution is -2.37. The quantitative estimate of drug-likeness (QED) is 0.899. The van der Waals surface area contributed by atoms with Gasteiger partial charge in [0, 0.05) is 24.7 Å². The van der Waals surface area contributed by atoms with E-state index in [2.05, 4.69) is 46.1 Å². The summed E-state index contributed by atoms with van der Waals surface area (Å²) in [6.45, 7) is 2.39. The van der Waals surface area contributed by atoms with E-state index in [-0.39, 0.29) is 11.9 Å². The van der Waals surface area contributed by atoms with Crippen molar-refractivity contribution in [2.45, 2.75) is 44.2 Å². The van der Waals surface area contributed by atoms with Crippen LogP contribution in [0.25, 0.3) is 0 Å². The molecule has 1 atom stereocenters. The number of hydrogen-bond acceptors (Lipinski definition) is 3. The van der Waals surface area contributed by atoms with Gasteiger partial charge in [0.1, 0.15) is 6.54 Å². The lowest BCUT2D eigenvalue weighted by Gasteiger charge is -2.20. The summed E-state index contributed by atoms with van der Waals surface area (Å²) in [5.74, 6) is 0.525. The SMILES string of the molecule is O=C(Cn1ccc([C@H]2CCCNC2)n1)NC1Cc2ccccc2C1. The number of carbonyl (C=O) groups excluding carboxylic acids is 1. The number of amides is 1. The van der Waals surface area contributed by atoms with Gasteiger partial charge in [0.05, 0.1) is 5.69 Å². The van der Waals surface area contributed by atoms with Crippen molar-refractivity contribution in [2.24, 2.45) is 0 Å². The molecule has 24 heavy (non-hydrogen) atoms. The molecule has 1 aromatic heterocycles. The monoisotopic (exact) mass is 324 g/mol. The highest BCUT2D eigenvalue weighted by atomic mass is 16.2. The fourth-order valence-corrected chi connectivity index (χ4v) is 3.87. The molecule has 0 saturated carbocycles. The maximum Gasteiger partial charge on any atom is 0.241 e. The highest BCUT2D eigenvalue weighted by Gasteiger charge is 2.23. The van der Waals surface area contributed by atoms with Crippen LogP contribution in [0.15, 0.2) is 36.5 Å². The predicted octanol–water partition coefficient (Wildman–Crippen LogP) is 1.63. The van der Waals surface area contributed by atoms with Gasteiger partial charge in [0.15, 0.2) is 0 Å². The van der Waals surface area contributed by atoms with Crippen LogP contribution in [0.3, 0.4) is 0 Å². The Morgan fingerprint density at radius 3 is 2.75 bits per heavy atom. The number of benzene rings is 1. The number of hydrogen-bond donors (Lipinski definition) is 2. The molecule has 5 heteroatoms. The molecule has 1 amide bonds. The van der Waals surface area contributed by atoms with Crippen LogP contribution in [0.2, 0.25) is 0 Å². The number of aromatic nitrogens is 2. The first-order valence-corrected chi connectivity index (χ1v) is 8.88. The first-order chi connectivity index (χ1) is 11.8. The molecule has 4 rings (SSSR count). The largest absolute Gasteiger partial charge is 0.351 e. The van der Waals surface area contributed by atoms with Crippen LogP contribution >= 0.6 is 0 Å². The molecule has 2 aliphatic rings. The van der Waals surface area contributed by atoms with E-state index in [0.29, 0.717) is 12.5 Å². The van der Waals surface area contributed by atoms with Crippen molar-refractivity contribution >= 4 is 5.91 Å². The van der Waals surface area contributed by atoms with Gasteiger partial charge in [-0.3, -0.25) is 9.48 Å². The van der Waals surface area contributed by atoms with Crippen LogP contribution in [0, 0.1) is 0 Å². The third-order valence-electron chi connectivity index (χ3n) is 5.10. The van der Waals surface area contributed by atoms with E-state index in [9.17, 15) is 4.79 Å². The number of rotatable bonds is 4. The Bertz CT molecular complexity index is 693. The first-order valence-electron chi connectivity index (χ1n) is 8.88. The molecule has 1 aliphatic heterocycles. The number of fused-ring (bicyclic) bond motifs is 1. The Balaban J connectivity index is 1.31. The van der Waals surface area contributed by atoms with E-state index >= 15 is 0 Å². The highest BCUT2D eigenvalue weighted by Crippen LogP contribution is 2.22. The highest BCUT2D eigenvalue weighted by molar-refractivity contribution is 5.76. The van der Waals surface area contributed by atoms with Crippen LogP contribution in [-0.2, 0) is 24.2 Å². The van der Waals surface area contributed by atoms with Gasteiger partial charge < -0.3 is 10.6 Å². The summed E-state index contributed by atoms with van der Waals surface area (Å²) in [5, 5.41) is 11.2. The number of nitrogens with zero attached hydrogens (tertiary/aromatic N) is 2. The second-order valence-electron chi connectivity index (χ2n) is 6.92. The Morgan fingerprint density at radius 1 is 1.25 bits per heavy atom. The average Bonchev–Trinajstić information content (AvgIpc) is 3.21. The normalized spacial score (nSPS) is 20.8. The lowest BCUT2D eigenvalue weighted by molar-refractivity contribution is -0.122. The number of piperidine rings is 1. The zero-order valence-electron chi connectivity index (χ0n) is 13.9. The minimum absolute atomic E-state index is 0.0456. The molecule has 0 bridgehead atoms. The zero-order valence-corrected chi connectivity index (χ0v) is 13.9. The van der Waals surface area contributed by atoms with Gasteiger partial charge in [-0.2, -0.15) is 5.10 Å². The zero-order chi connectivity index (χ0) is 16.4. The summed E-state index contributed by atoms with van der Waals surface area (Å²) < 4.78 is 1.77. The Kier molecular flexibility index (Phi) is 4.34. The van der Waals surface area contributed by atoms with Crippen LogP contribution in [0.5, 0.6) is 0 Å². The minimum Gasteiger partial charge on any atom is -0.351 e. The standard InChI is InChI=1S/C19H24N4O/c24-19(21-17-10-14-4-1-2-5-15(14)11-17)13-23-9-7-18(22-23)16-6-3-8-20-12-16/h1-2,4-5,7,9,16-17,20H,3,6,8,10-13H2,(H,21,24)/t16-/m0/s1. The van der Waals surface area contributed by atoms with Crippen molar-refractivity contribution in [2.75, 3.05) is 13.1 Å². The summed E-state index contributed by atoms with van der Waals surface area (Å²) in [6, 6.07) is 10.7. The van der Waals surface area contributed by atoms with E-state index in [1.807, 2.05) is 6.20 Å². The van der Waals surface area contributed by atoms with Crippen LogP contribution < -0.4 is 10.6 Å². The third-order valence-corrected chi connectivity index (χ3v) is 5.10. The maximum absolute atomic E-state index is 12.3. The summed E-state index contributed by atoms with van der Waals surface area (Å²) >= 11 is 0. The summed E-state index contributed by atoms with van der Waals surface area (Å²) in [5.41, 5.74) is 3.81. The van der Waals surface area contributed by atoms with Gasteiger partial charge in [-0.05, 0) is 49.4 Å². The molecule has 1 aliphatic carbocycles. The molecule has 1 aromatic carbocycles. The molecule has 1 saturated heterocycles. The summed E-state index contributed by atoms with van der Waals surface area (Å²) in [6.07, 6.45) is 6.16. The summed E-state index contributed by atoms with van der Waals surface area (Å²) in [4.78, 5) is 12.3. The van der Waals surface area contributed by atoms with Crippen molar-refractivity contribution in [1.29, 1.82) is 0 Å². The number of nitrogens with one attached hydrogen (secondary N) is 2. The smallest absolute Gasteiger partial charge is 0.241 e. The van der Waals surface area contributed by atoms with Gasteiger partial charge in [-0.25, -0.2) is 0 Å². The fraction of sp³-hybridized carbons (Fsp3) is 0.474. The number of carbonyl (C=O) groups is 1. The van der Waals surface area contributed by atoms with E-state index in [4.69, 9.17) is 0 Å². The molecule has 5 nitrogen and oxygen atoms in total. The molecule has 0 unspecified atom stereocenters. The Labute approximate surface area is 142 Å². The molecule has 2 N–H and O–H groups in total. The Hall–Kier alpha value is -2.14.